The number of nitrogens with one attached hydrogen (secondary N) is 2. The molecule has 0 fully saturated rings. The number of carbonyl (C=O) groups is 1. The molecule has 5 nitrogen and oxygen atoms in total. The summed E-state index contributed by atoms with van der Waals surface area (Å²) in [5.74, 6) is 0.166. The average molecular weight is 360 g/mol. The molecule has 138 valence electrons. The van der Waals surface area contributed by atoms with Gasteiger partial charge in [0.05, 0.1) is 0 Å². The molecule has 0 radical (unpaired) electrons. The number of para-hydroxylation sites is 1. The van der Waals surface area contributed by atoms with Crippen LogP contribution in [0.1, 0.15) is 41.2 Å². The van der Waals surface area contributed by atoms with E-state index in [-0.39, 0.29) is 5.91 Å². The monoisotopic (exact) mass is 360 g/mol. The van der Waals surface area contributed by atoms with Crippen LogP contribution in [0.15, 0.2) is 54.6 Å². The van der Waals surface area contributed by atoms with Gasteiger partial charge in [-0.3, -0.25) is 4.79 Å². The number of anilines is 3. The largest absolute Gasteiger partial charge is 0.324 e. The third kappa shape index (κ3) is 4.70. The predicted molar refractivity (Wildman–Crippen MR) is 110 cm³/mol. The van der Waals surface area contributed by atoms with Crippen molar-refractivity contribution in [2.75, 3.05) is 10.6 Å². The van der Waals surface area contributed by atoms with Crippen LogP contribution in [0.25, 0.3) is 0 Å². The third-order valence-electron chi connectivity index (χ3n) is 4.35. The second-order valence-electron chi connectivity index (χ2n) is 6.36. The Kier molecular flexibility index (Phi) is 5.81. The second kappa shape index (κ2) is 8.45. The molecule has 1 heterocycles. The number of benzene rings is 2. The Morgan fingerprint density at radius 1 is 0.963 bits per heavy atom. The molecule has 0 aliphatic heterocycles. The zero-order valence-electron chi connectivity index (χ0n) is 15.9. The highest BCUT2D eigenvalue weighted by Crippen LogP contribution is 2.18. The fourth-order valence-electron chi connectivity index (χ4n) is 2.83. The molecule has 1 amide bonds. The van der Waals surface area contributed by atoms with Crippen molar-refractivity contribution in [1.29, 1.82) is 0 Å². The minimum Gasteiger partial charge on any atom is -0.324 e. The first-order valence-corrected chi connectivity index (χ1v) is 9.20. The van der Waals surface area contributed by atoms with Crippen molar-refractivity contribution >= 4 is 23.2 Å². The van der Waals surface area contributed by atoms with Gasteiger partial charge in [0.1, 0.15) is 5.69 Å². The summed E-state index contributed by atoms with van der Waals surface area (Å²) >= 11 is 0. The number of hydrogen-bond donors (Lipinski definition) is 2. The van der Waals surface area contributed by atoms with Crippen molar-refractivity contribution in [3.05, 3.63) is 77.1 Å². The van der Waals surface area contributed by atoms with Crippen molar-refractivity contribution in [2.24, 2.45) is 0 Å². The zero-order chi connectivity index (χ0) is 19.2. The van der Waals surface area contributed by atoms with E-state index in [1.807, 2.05) is 43.3 Å². The predicted octanol–water partition coefficient (Wildman–Crippen LogP) is 4.91. The molecule has 0 saturated heterocycles. The molecular formula is C22H24N4O. The van der Waals surface area contributed by atoms with Crippen molar-refractivity contribution in [3.8, 4) is 0 Å². The minimum absolute atomic E-state index is 0.245. The smallest absolute Gasteiger partial charge is 0.274 e. The van der Waals surface area contributed by atoms with E-state index < -0.39 is 0 Å². The first-order chi connectivity index (χ1) is 13.1. The van der Waals surface area contributed by atoms with Crippen LogP contribution in [0.4, 0.5) is 17.3 Å². The number of hydrogen-bond acceptors (Lipinski definition) is 4. The summed E-state index contributed by atoms with van der Waals surface area (Å²) in [7, 11) is 0. The first-order valence-electron chi connectivity index (χ1n) is 9.20. The van der Waals surface area contributed by atoms with Crippen molar-refractivity contribution in [3.63, 3.8) is 0 Å². The molecular weight excluding hydrogens is 336 g/mol. The lowest BCUT2D eigenvalue weighted by molar-refractivity contribution is 0.102. The fourth-order valence-corrected chi connectivity index (χ4v) is 2.83. The summed E-state index contributed by atoms with van der Waals surface area (Å²) < 4.78 is 0. The first kappa shape index (κ1) is 18.6. The Bertz CT molecular complexity index is 935. The Morgan fingerprint density at radius 3 is 2.41 bits per heavy atom. The molecule has 5 heteroatoms. The second-order valence-corrected chi connectivity index (χ2v) is 6.36. The number of amides is 1. The summed E-state index contributed by atoms with van der Waals surface area (Å²) in [4.78, 5) is 21.5. The fraction of sp³-hybridized carbons (Fsp3) is 0.227. The molecule has 3 rings (SSSR count). The van der Waals surface area contributed by atoms with Crippen LogP contribution in [0.5, 0.6) is 0 Å². The molecule has 0 saturated carbocycles. The summed E-state index contributed by atoms with van der Waals surface area (Å²) in [5.41, 5.74) is 5.12. The summed E-state index contributed by atoms with van der Waals surface area (Å²) in [5, 5.41) is 6.13. The molecule has 0 atom stereocenters. The van der Waals surface area contributed by atoms with Gasteiger partial charge < -0.3 is 10.6 Å². The van der Waals surface area contributed by atoms with Gasteiger partial charge >= 0.3 is 0 Å². The molecule has 27 heavy (non-hydrogen) atoms. The summed E-state index contributed by atoms with van der Waals surface area (Å²) in [6.45, 7) is 6.03. The van der Waals surface area contributed by atoms with E-state index >= 15 is 0 Å². The molecule has 0 unspecified atom stereocenters. The van der Waals surface area contributed by atoms with Crippen LogP contribution in [-0.4, -0.2) is 15.9 Å². The summed E-state index contributed by atoms with van der Waals surface area (Å²) in [6, 6.07) is 17.6. The van der Waals surface area contributed by atoms with Gasteiger partial charge in [-0.05, 0) is 55.2 Å². The average Bonchev–Trinajstić information content (AvgIpc) is 2.68. The van der Waals surface area contributed by atoms with Gasteiger partial charge in [0.15, 0.2) is 0 Å². The van der Waals surface area contributed by atoms with E-state index in [0.717, 1.165) is 35.5 Å². The molecule has 0 aliphatic carbocycles. The number of aromatic nitrogens is 2. The standard InChI is InChI=1S/C22H24N4O/c1-4-16-10-12-18(13-11-16)24-22-23-15(3)14-20(26-22)21(27)25-19-9-7-6-8-17(19)5-2/h6-14H,4-5H2,1-3H3,(H,25,27)(H,23,24,26). The van der Waals surface area contributed by atoms with Crippen molar-refractivity contribution in [2.45, 2.75) is 33.6 Å². The SMILES string of the molecule is CCc1ccc(Nc2nc(C)cc(C(=O)Nc3ccccc3CC)n2)cc1. The third-order valence-corrected chi connectivity index (χ3v) is 4.35. The zero-order valence-corrected chi connectivity index (χ0v) is 15.9. The van der Waals surface area contributed by atoms with Crippen LogP contribution in [0.3, 0.4) is 0 Å². The van der Waals surface area contributed by atoms with Gasteiger partial charge in [0.25, 0.3) is 5.91 Å². The molecule has 2 N–H and O–H groups in total. The van der Waals surface area contributed by atoms with Crippen LogP contribution < -0.4 is 10.6 Å². The van der Waals surface area contributed by atoms with Gasteiger partial charge in [-0.1, -0.05) is 44.2 Å². The highest BCUT2D eigenvalue weighted by molar-refractivity contribution is 6.03. The van der Waals surface area contributed by atoms with E-state index in [2.05, 4.69) is 46.6 Å². The van der Waals surface area contributed by atoms with Crippen molar-refractivity contribution < 1.29 is 4.79 Å². The Morgan fingerprint density at radius 2 is 1.70 bits per heavy atom. The Labute approximate surface area is 159 Å². The molecule has 0 spiro atoms. The molecule has 0 bridgehead atoms. The number of aryl methyl sites for hydroxylation is 3. The summed E-state index contributed by atoms with van der Waals surface area (Å²) in [6.07, 6.45) is 1.84. The maximum atomic E-state index is 12.7. The normalized spacial score (nSPS) is 10.5. The lowest BCUT2D eigenvalue weighted by atomic mass is 10.1. The maximum absolute atomic E-state index is 12.7. The number of nitrogens with zero attached hydrogens (tertiary/aromatic N) is 2. The molecule has 0 aliphatic rings. The maximum Gasteiger partial charge on any atom is 0.274 e. The Balaban J connectivity index is 1.80. The van der Waals surface area contributed by atoms with E-state index in [0.29, 0.717) is 11.6 Å². The molecule has 1 aromatic heterocycles. The van der Waals surface area contributed by atoms with E-state index in [9.17, 15) is 4.79 Å². The van der Waals surface area contributed by atoms with Crippen LogP contribution >= 0.6 is 0 Å². The highest BCUT2D eigenvalue weighted by Gasteiger charge is 2.12. The number of rotatable bonds is 6. The van der Waals surface area contributed by atoms with E-state index in [1.165, 1.54) is 5.56 Å². The Hall–Kier alpha value is -3.21. The van der Waals surface area contributed by atoms with Gasteiger partial charge in [0, 0.05) is 17.1 Å². The minimum atomic E-state index is -0.245. The topological polar surface area (TPSA) is 66.9 Å². The van der Waals surface area contributed by atoms with Crippen LogP contribution in [0, 0.1) is 6.92 Å². The van der Waals surface area contributed by atoms with Crippen LogP contribution in [-0.2, 0) is 12.8 Å². The highest BCUT2D eigenvalue weighted by atomic mass is 16.1. The number of carbonyl (C=O) groups excluding carboxylic acids is 1. The van der Waals surface area contributed by atoms with Gasteiger partial charge in [-0.15, -0.1) is 0 Å². The van der Waals surface area contributed by atoms with Gasteiger partial charge in [0.2, 0.25) is 5.95 Å². The lowest BCUT2D eigenvalue weighted by Gasteiger charge is -2.11. The van der Waals surface area contributed by atoms with Gasteiger partial charge in [-0.25, -0.2) is 9.97 Å². The van der Waals surface area contributed by atoms with Crippen LogP contribution in [0.2, 0.25) is 0 Å². The quantitative estimate of drug-likeness (QED) is 0.656. The molecule has 3 aromatic rings. The van der Waals surface area contributed by atoms with Crippen molar-refractivity contribution in [1.82, 2.24) is 9.97 Å². The van der Waals surface area contributed by atoms with E-state index in [1.54, 1.807) is 6.07 Å². The van der Waals surface area contributed by atoms with Gasteiger partial charge in [-0.2, -0.15) is 0 Å². The molecule has 2 aromatic carbocycles. The van der Waals surface area contributed by atoms with E-state index in [4.69, 9.17) is 0 Å². The lowest BCUT2D eigenvalue weighted by Crippen LogP contribution is -2.16.